The molecule has 4 heterocycles. The number of halogens is 3. The summed E-state index contributed by atoms with van der Waals surface area (Å²) in [7, 11) is 0. The van der Waals surface area contributed by atoms with E-state index in [0.29, 0.717) is 35.4 Å². The molecule has 1 saturated heterocycles. The molecular weight excluding hydrogens is 411 g/mol. The van der Waals surface area contributed by atoms with Gasteiger partial charge in [0.1, 0.15) is 12.4 Å². The van der Waals surface area contributed by atoms with E-state index in [0.717, 1.165) is 23.5 Å². The summed E-state index contributed by atoms with van der Waals surface area (Å²) in [6.45, 7) is 1.29. The molecule has 4 aromatic rings. The first-order valence-corrected chi connectivity index (χ1v) is 9.77. The molecule has 0 atom stereocenters. The molecule has 0 radical (unpaired) electrons. The number of rotatable bonds is 3. The minimum atomic E-state index is -4.54. The van der Waals surface area contributed by atoms with Crippen LogP contribution in [0.2, 0.25) is 0 Å². The van der Waals surface area contributed by atoms with Crippen molar-refractivity contribution in [2.24, 2.45) is 0 Å². The third kappa shape index (κ3) is 3.63. The van der Waals surface area contributed by atoms with Gasteiger partial charge in [0.15, 0.2) is 0 Å². The Kier molecular flexibility index (Phi) is 4.66. The Morgan fingerprint density at radius 3 is 2.68 bits per heavy atom. The Bertz CT molecular complexity index is 1320. The van der Waals surface area contributed by atoms with Gasteiger partial charge in [-0.25, -0.2) is 4.98 Å². The van der Waals surface area contributed by atoms with Crippen LogP contribution in [-0.4, -0.2) is 52.2 Å². The zero-order valence-corrected chi connectivity index (χ0v) is 16.3. The highest BCUT2D eigenvalue weighted by atomic mass is 19.4. The van der Waals surface area contributed by atoms with Gasteiger partial charge in [0.05, 0.1) is 41.5 Å². The lowest BCUT2D eigenvalue weighted by molar-refractivity contribution is -0.140. The molecule has 0 unspecified atom stereocenters. The molecule has 1 aliphatic rings. The minimum absolute atomic E-state index is 0.122. The number of nitrogens with one attached hydrogen (secondary N) is 1. The van der Waals surface area contributed by atoms with Crippen LogP contribution in [0.1, 0.15) is 0 Å². The topological polar surface area (TPSA) is 76.0 Å². The van der Waals surface area contributed by atoms with Crippen LogP contribution in [-0.2, 0) is 11.3 Å². The lowest BCUT2D eigenvalue weighted by atomic mass is 10.1. The van der Waals surface area contributed by atoms with Crippen LogP contribution in [0.3, 0.4) is 0 Å². The third-order valence-corrected chi connectivity index (χ3v) is 5.38. The van der Waals surface area contributed by atoms with Gasteiger partial charge in [-0.1, -0.05) is 18.2 Å². The van der Waals surface area contributed by atoms with Crippen LogP contribution in [0.15, 0.2) is 47.4 Å². The van der Waals surface area contributed by atoms with E-state index >= 15 is 0 Å². The second-order valence-corrected chi connectivity index (χ2v) is 7.38. The summed E-state index contributed by atoms with van der Waals surface area (Å²) in [6.07, 6.45) is -3.29. The molecule has 1 aromatic carbocycles. The summed E-state index contributed by atoms with van der Waals surface area (Å²) in [5, 5.41) is 7.18. The first-order chi connectivity index (χ1) is 14.9. The molecule has 1 aliphatic heterocycles. The van der Waals surface area contributed by atoms with E-state index in [2.05, 4.69) is 15.1 Å². The van der Waals surface area contributed by atoms with E-state index in [4.69, 9.17) is 9.72 Å². The van der Waals surface area contributed by atoms with Gasteiger partial charge < -0.3 is 9.64 Å². The standard InChI is InChI=1S/C21H18F3N5O2/c22-21(23,24)12-29-17-10-13(4-5-14(17)19-15(20(29)30)11-25-27-19)16-2-1-3-18(26-16)28-6-8-31-9-7-28/h1-5,10-11H,6-9,12H2,(H,25,27). The molecule has 10 heteroatoms. The molecule has 0 spiro atoms. The number of pyridine rings is 2. The second kappa shape index (κ2) is 7.38. The van der Waals surface area contributed by atoms with Crippen molar-refractivity contribution in [3.63, 3.8) is 0 Å². The number of H-pyrrole nitrogens is 1. The smallest absolute Gasteiger partial charge is 0.378 e. The first-order valence-electron chi connectivity index (χ1n) is 9.77. The molecule has 5 rings (SSSR count). The molecule has 0 amide bonds. The van der Waals surface area contributed by atoms with Gasteiger partial charge in [-0.05, 0) is 18.2 Å². The fraction of sp³-hybridized carbons (Fsp3) is 0.286. The van der Waals surface area contributed by atoms with E-state index in [1.165, 1.54) is 6.20 Å². The highest BCUT2D eigenvalue weighted by Gasteiger charge is 2.30. The van der Waals surface area contributed by atoms with Gasteiger partial charge in [0, 0.05) is 24.0 Å². The van der Waals surface area contributed by atoms with E-state index < -0.39 is 18.3 Å². The number of aromatic nitrogens is 4. The second-order valence-electron chi connectivity index (χ2n) is 7.38. The van der Waals surface area contributed by atoms with E-state index in [1.54, 1.807) is 24.3 Å². The van der Waals surface area contributed by atoms with Gasteiger partial charge in [-0.15, -0.1) is 0 Å². The number of fused-ring (bicyclic) bond motifs is 3. The SMILES string of the molecule is O=c1c2cn[nH]c2c2ccc(-c3cccc(N4CCOCC4)n3)cc2n1CC(F)(F)F. The fourth-order valence-electron chi connectivity index (χ4n) is 3.92. The molecule has 0 bridgehead atoms. The van der Waals surface area contributed by atoms with Crippen molar-refractivity contribution in [1.82, 2.24) is 19.7 Å². The maximum atomic E-state index is 13.2. The quantitative estimate of drug-likeness (QED) is 0.541. The highest BCUT2D eigenvalue weighted by molar-refractivity contribution is 6.04. The molecule has 7 nitrogen and oxygen atoms in total. The minimum Gasteiger partial charge on any atom is -0.378 e. The Morgan fingerprint density at radius 2 is 1.90 bits per heavy atom. The highest BCUT2D eigenvalue weighted by Crippen LogP contribution is 2.29. The number of hydrogen-bond donors (Lipinski definition) is 1. The summed E-state index contributed by atoms with van der Waals surface area (Å²) in [5.74, 6) is 0.776. The number of nitrogens with zero attached hydrogens (tertiary/aromatic N) is 4. The largest absolute Gasteiger partial charge is 0.406 e. The average Bonchev–Trinajstić information content (AvgIpc) is 3.27. The summed E-state index contributed by atoms with van der Waals surface area (Å²) in [5.41, 5.74) is 1.09. The Hall–Kier alpha value is -3.40. The van der Waals surface area contributed by atoms with E-state index in [1.807, 2.05) is 12.1 Å². The number of benzene rings is 1. The maximum Gasteiger partial charge on any atom is 0.406 e. The Balaban J connectivity index is 1.67. The number of hydrogen-bond acceptors (Lipinski definition) is 5. The molecular formula is C21H18F3N5O2. The van der Waals surface area contributed by atoms with Gasteiger partial charge in [0.2, 0.25) is 0 Å². The van der Waals surface area contributed by atoms with Crippen LogP contribution in [0.5, 0.6) is 0 Å². The predicted molar refractivity (Wildman–Crippen MR) is 110 cm³/mol. The van der Waals surface area contributed by atoms with Crippen molar-refractivity contribution in [3.05, 3.63) is 52.9 Å². The number of morpholine rings is 1. The fourth-order valence-corrected chi connectivity index (χ4v) is 3.92. The van der Waals surface area contributed by atoms with Crippen molar-refractivity contribution in [2.75, 3.05) is 31.2 Å². The molecule has 0 aliphatic carbocycles. The first kappa shape index (κ1) is 19.6. The molecule has 1 N–H and O–H groups in total. The monoisotopic (exact) mass is 429 g/mol. The molecule has 0 saturated carbocycles. The molecule has 3 aromatic heterocycles. The van der Waals surface area contributed by atoms with Gasteiger partial charge >= 0.3 is 6.18 Å². The summed E-state index contributed by atoms with van der Waals surface area (Å²) in [6, 6.07) is 10.6. The van der Waals surface area contributed by atoms with Crippen LogP contribution < -0.4 is 10.5 Å². The summed E-state index contributed by atoms with van der Waals surface area (Å²) < 4.78 is 45.9. The molecule has 160 valence electrons. The van der Waals surface area contributed by atoms with Crippen LogP contribution in [0.25, 0.3) is 33.1 Å². The zero-order chi connectivity index (χ0) is 21.6. The van der Waals surface area contributed by atoms with Crippen molar-refractivity contribution in [1.29, 1.82) is 0 Å². The Morgan fingerprint density at radius 1 is 1.10 bits per heavy atom. The molecule has 31 heavy (non-hydrogen) atoms. The Labute approximate surface area is 174 Å². The van der Waals surface area contributed by atoms with Gasteiger partial charge in [0.25, 0.3) is 5.56 Å². The lowest BCUT2D eigenvalue weighted by Gasteiger charge is -2.28. The number of alkyl halides is 3. The van der Waals surface area contributed by atoms with Crippen molar-refractivity contribution >= 4 is 27.6 Å². The van der Waals surface area contributed by atoms with Gasteiger partial charge in [-0.2, -0.15) is 18.3 Å². The van der Waals surface area contributed by atoms with Crippen molar-refractivity contribution in [3.8, 4) is 11.3 Å². The van der Waals surface area contributed by atoms with Crippen LogP contribution in [0.4, 0.5) is 19.0 Å². The van der Waals surface area contributed by atoms with Crippen LogP contribution in [0, 0.1) is 0 Å². The van der Waals surface area contributed by atoms with E-state index in [9.17, 15) is 18.0 Å². The molecule has 1 fully saturated rings. The summed E-state index contributed by atoms with van der Waals surface area (Å²) >= 11 is 0. The van der Waals surface area contributed by atoms with Gasteiger partial charge in [-0.3, -0.25) is 14.5 Å². The zero-order valence-electron chi connectivity index (χ0n) is 16.3. The lowest BCUT2D eigenvalue weighted by Crippen LogP contribution is -2.36. The number of anilines is 1. The normalized spacial score (nSPS) is 15.1. The maximum absolute atomic E-state index is 13.2. The average molecular weight is 429 g/mol. The van der Waals surface area contributed by atoms with Crippen molar-refractivity contribution < 1.29 is 17.9 Å². The van der Waals surface area contributed by atoms with Crippen LogP contribution >= 0.6 is 0 Å². The van der Waals surface area contributed by atoms with Crippen molar-refractivity contribution in [2.45, 2.75) is 12.7 Å². The number of aromatic amines is 1. The van der Waals surface area contributed by atoms with E-state index in [-0.39, 0.29) is 10.9 Å². The summed E-state index contributed by atoms with van der Waals surface area (Å²) in [4.78, 5) is 19.6. The third-order valence-electron chi connectivity index (χ3n) is 5.38. The predicted octanol–water partition coefficient (Wildman–Crippen LogP) is 3.34. The number of ether oxygens (including phenoxy) is 1.